The first-order valence-electron chi connectivity index (χ1n) is 7.91. The van der Waals surface area contributed by atoms with Crippen molar-refractivity contribution >= 4 is 11.9 Å². The molecule has 0 heterocycles. The first-order chi connectivity index (χ1) is 10.8. The fourth-order valence-corrected chi connectivity index (χ4v) is 2.50. The molecule has 0 spiro atoms. The van der Waals surface area contributed by atoms with Crippen LogP contribution in [-0.4, -0.2) is 35.4 Å². The van der Waals surface area contributed by atoms with Gasteiger partial charge in [-0.05, 0) is 32.3 Å². The fraction of sp³-hybridized carbons (Fsp3) is 0.556. The number of benzene rings is 1. The number of esters is 2. The lowest BCUT2D eigenvalue weighted by Crippen LogP contribution is -2.35. The topological polar surface area (TPSA) is 72.8 Å². The zero-order valence-electron chi connectivity index (χ0n) is 14.1. The molecule has 0 aliphatic heterocycles. The first-order valence-corrected chi connectivity index (χ1v) is 7.91. The summed E-state index contributed by atoms with van der Waals surface area (Å²) in [5, 5.41) is 10.4. The Morgan fingerprint density at radius 3 is 2.48 bits per heavy atom. The summed E-state index contributed by atoms with van der Waals surface area (Å²) in [5.74, 6) is -0.850. The molecular weight excluding hydrogens is 296 g/mol. The summed E-state index contributed by atoms with van der Waals surface area (Å²) in [4.78, 5) is 22.8. The van der Waals surface area contributed by atoms with Crippen molar-refractivity contribution in [1.29, 1.82) is 0 Å². The molecule has 0 saturated heterocycles. The van der Waals surface area contributed by atoms with Gasteiger partial charge in [-0.1, -0.05) is 30.3 Å². The zero-order chi connectivity index (χ0) is 17.3. The monoisotopic (exact) mass is 322 g/mol. The van der Waals surface area contributed by atoms with E-state index in [1.807, 2.05) is 30.3 Å². The molecule has 0 bridgehead atoms. The maximum absolute atomic E-state index is 11.6. The first kappa shape index (κ1) is 19.2. The lowest BCUT2D eigenvalue weighted by Gasteiger charge is -2.27. The smallest absolute Gasteiger partial charge is 0.308 e. The summed E-state index contributed by atoms with van der Waals surface area (Å²) in [7, 11) is 0. The molecule has 0 aromatic heterocycles. The highest BCUT2D eigenvalue weighted by Crippen LogP contribution is 2.22. The van der Waals surface area contributed by atoms with Crippen molar-refractivity contribution in [2.24, 2.45) is 0 Å². The molecule has 23 heavy (non-hydrogen) atoms. The Balaban J connectivity index is 2.62. The van der Waals surface area contributed by atoms with E-state index >= 15 is 0 Å². The molecule has 1 rings (SSSR count). The van der Waals surface area contributed by atoms with Crippen molar-refractivity contribution in [1.82, 2.24) is 0 Å². The maximum Gasteiger partial charge on any atom is 0.308 e. The quantitative estimate of drug-likeness (QED) is 0.708. The number of ether oxygens (including phenoxy) is 2. The molecule has 1 N–H and O–H groups in total. The molecule has 1 aromatic rings. The third-order valence-corrected chi connectivity index (χ3v) is 3.43. The second-order valence-corrected chi connectivity index (χ2v) is 5.94. The molecule has 0 radical (unpaired) electrons. The molecule has 128 valence electrons. The highest BCUT2D eigenvalue weighted by Gasteiger charge is 2.30. The van der Waals surface area contributed by atoms with Crippen LogP contribution in [0.25, 0.3) is 0 Å². The molecule has 0 saturated carbocycles. The van der Waals surface area contributed by atoms with Gasteiger partial charge in [0, 0.05) is 13.3 Å². The Kier molecular flexibility index (Phi) is 7.75. The molecule has 2 unspecified atom stereocenters. The summed E-state index contributed by atoms with van der Waals surface area (Å²) >= 11 is 0. The van der Waals surface area contributed by atoms with Crippen LogP contribution in [0.2, 0.25) is 0 Å². The lowest BCUT2D eigenvalue weighted by molar-refractivity contribution is -0.153. The van der Waals surface area contributed by atoms with Gasteiger partial charge in [-0.3, -0.25) is 9.59 Å². The molecule has 2 atom stereocenters. The fourth-order valence-electron chi connectivity index (χ4n) is 2.50. The summed E-state index contributed by atoms with van der Waals surface area (Å²) in [6.45, 7) is 4.89. The number of hydrogen-bond donors (Lipinski definition) is 1. The molecular formula is C18H26O5. The lowest BCUT2D eigenvalue weighted by atomic mass is 9.92. The van der Waals surface area contributed by atoms with E-state index in [9.17, 15) is 14.7 Å². The Hall–Kier alpha value is -1.88. The normalized spacial score (nSPS) is 14.6. The SMILES string of the molecule is CCOC(=O)CC(C)(O)CC(CCc1ccccc1)OC(C)=O. The largest absolute Gasteiger partial charge is 0.466 e. The Morgan fingerprint density at radius 1 is 1.26 bits per heavy atom. The van der Waals surface area contributed by atoms with E-state index in [-0.39, 0.29) is 19.4 Å². The summed E-state index contributed by atoms with van der Waals surface area (Å²) < 4.78 is 10.2. The highest BCUT2D eigenvalue weighted by molar-refractivity contribution is 5.70. The number of carbonyl (C=O) groups is 2. The van der Waals surface area contributed by atoms with Crippen LogP contribution in [0.15, 0.2) is 30.3 Å². The van der Waals surface area contributed by atoms with Crippen LogP contribution in [0.1, 0.15) is 45.6 Å². The van der Waals surface area contributed by atoms with Crippen LogP contribution in [-0.2, 0) is 25.5 Å². The van der Waals surface area contributed by atoms with E-state index in [4.69, 9.17) is 9.47 Å². The molecule has 0 aliphatic carbocycles. The minimum absolute atomic E-state index is 0.121. The molecule has 0 aliphatic rings. The van der Waals surface area contributed by atoms with Crippen molar-refractivity contribution in [2.45, 2.75) is 58.2 Å². The van der Waals surface area contributed by atoms with Gasteiger partial charge in [-0.2, -0.15) is 0 Å². The van der Waals surface area contributed by atoms with Crippen LogP contribution < -0.4 is 0 Å². The van der Waals surface area contributed by atoms with Crippen molar-refractivity contribution < 1.29 is 24.2 Å². The highest BCUT2D eigenvalue weighted by atomic mass is 16.5. The third-order valence-electron chi connectivity index (χ3n) is 3.43. The predicted octanol–water partition coefficient (Wildman–Crippen LogP) is 2.65. The van der Waals surface area contributed by atoms with Crippen LogP contribution in [0, 0.1) is 0 Å². The van der Waals surface area contributed by atoms with Gasteiger partial charge in [0.15, 0.2) is 0 Å². The second-order valence-electron chi connectivity index (χ2n) is 5.94. The minimum Gasteiger partial charge on any atom is -0.466 e. The van der Waals surface area contributed by atoms with Crippen molar-refractivity contribution in [3.63, 3.8) is 0 Å². The average Bonchev–Trinajstić information content (AvgIpc) is 2.44. The van der Waals surface area contributed by atoms with Crippen LogP contribution in [0.5, 0.6) is 0 Å². The van der Waals surface area contributed by atoms with E-state index in [1.54, 1.807) is 13.8 Å². The van der Waals surface area contributed by atoms with Gasteiger partial charge in [0.2, 0.25) is 0 Å². The van der Waals surface area contributed by atoms with Crippen LogP contribution in [0.3, 0.4) is 0 Å². The maximum atomic E-state index is 11.6. The van der Waals surface area contributed by atoms with Gasteiger partial charge >= 0.3 is 11.9 Å². The van der Waals surface area contributed by atoms with E-state index in [1.165, 1.54) is 6.92 Å². The molecule has 0 amide bonds. The van der Waals surface area contributed by atoms with Crippen molar-refractivity contribution in [3.05, 3.63) is 35.9 Å². The van der Waals surface area contributed by atoms with Gasteiger partial charge in [-0.15, -0.1) is 0 Å². The van der Waals surface area contributed by atoms with E-state index < -0.39 is 23.6 Å². The molecule has 5 heteroatoms. The van der Waals surface area contributed by atoms with Crippen molar-refractivity contribution in [2.75, 3.05) is 6.61 Å². The molecule has 5 nitrogen and oxygen atoms in total. The van der Waals surface area contributed by atoms with E-state index in [0.29, 0.717) is 6.42 Å². The zero-order valence-corrected chi connectivity index (χ0v) is 14.1. The minimum atomic E-state index is -1.27. The molecule has 0 fully saturated rings. The van der Waals surface area contributed by atoms with Crippen LogP contribution in [0.4, 0.5) is 0 Å². The Labute approximate surface area is 137 Å². The average molecular weight is 322 g/mol. The summed E-state index contributed by atoms with van der Waals surface area (Å²) in [6.07, 6.45) is 0.941. The van der Waals surface area contributed by atoms with E-state index in [0.717, 1.165) is 12.0 Å². The summed E-state index contributed by atoms with van der Waals surface area (Å²) in [5.41, 5.74) is -0.141. The van der Waals surface area contributed by atoms with Gasteiger partial charge in [0.05, 0.1) is 18.6 Å². The number of aryl methyl sites for hydroxylation is 1. The summed E-state index contributed by atoms with van der Waals surface area (Å²) in [6, 6.07) is 9.85. The standard InChI is InChI=1S/C18H26O5/c1-4-22-17(20)13-18(3,21)12-16(23-14(2)19)11-10-15-8-6-5-7-9-15/h5-9,16,21H,4,10-13H2,1-3H3. The Bertz CT molecular complexity index is 495. The van der Waals surface area contributed by atoms with Gasteiger partial charge < -0.3 is 14.6 Å². The van der Waals surface area contributed by atoms with Gasteiger partial charge in [0.1, 0.15) is 6.10 Å². The predicted molar refractivity (Wildman–Crippen MR) is 86.8 cm³/mol. The van der Waals surface area contributed by atoms with Gasteiger partial charge in [0.25, 0.3) is 0 Å². The molecule has 1 aromatic carbocycles. The number of aliphatic hydroxyl groups is 1. The number of carbonyl (C=O) groups excluding carboxylic acids is 2. The van der Waals surface area contributed by atoms with Crippen LogP contribution >= 0.6 is 0 Å². The van der Waals surface area contributed by atoms with E-state index in [2.05, 4.69) is 0 Å². The number of rotatable bonds is 9. The number of hydrogen-bond acceptors (Lipinski definition) is 5. The second kappa shape index (κ2) is 9.30. The van der Waals surface area contributed by atoms with Crippen molar-refractivity contribution in [3.8, 4) is 0 Å². The Morgan fingerprint density at radius 2 is 1.91 bits per heavy atom. The third kappa shape index (κ3) is 8.35. The van der Waals surface area contributed by atoms with Gasteiger partial charge in [-0.25, -0.2) is 0 Å².